The lowest BCUT2D eigenvalue weighted by Crippen LogP contribution is -2.33. The standard InChI is InChI=1S/C15H23NO4/c1-6-8-11-12(14(17)19-5)9(3)16-10(4)13(11)15(18)20-7-2/h11,16H,6-8H2,1-5H3/t11-/m1/s1. The maximum absolute atomic E-state index is 12.2. The smallest absolute Gasteiger partial charge is 0.336 e. The summed E-state index contributed by atoms with van der Waals surface area (Å²) in [6.07, 6.45) is 1.56. The average molecular weight is 281 g/mol. The molecule has 0 aromatic rings. The highest BCUT2D eigenvalue weighted by Gasteiger charge is 2.35. The second-order valence-electron chi connectivity index (χ2n) is 4.76. The summed E-state index contributed by atoms with van der Waals surface area (Å²) in [6, 6.07) is 0. The Morgan fingerprint density at radius 3 is 2.10 bits per heavy atom. The van der Waals surface area contributed by atoms with E-state index in [-0.39, 0.29) is 11.9 Å². The van der Waals surface area contributed by atoms with Crippen molar-refractivity contribution in [3.63, 3.8) is 0 Å². The zero-order valence-corrected chi connectivity index (χ0v) is 12.8. The van der Waals surface area contributed by atoms with Gasteiger partial charge >= 0.3 is 11.9 Å². The second kappa shape index (κ2) is 7.12. The van der Waals surface area contributed by atoms with E-state index in [2.05, 4.69) is 5.32 Å². The fraction of sp³-hybridized carbons (Fsp3) is 0.600. The van der Waals surface area contributed by atoms with Crippen LogP contribution in [0.5, 0.6) is 0 Å². The maximum Gasteiger partial charge on any atom is 0.336 e. The third-order valence-electron chi connectivity index (χ3n) is 3.36. The van der Waals surface area contributed by atoms with E-state index < -0.39 is 5.97 Å². The van der Waals surface area contributed by atoms with E-state index in [1.165, 1.54) is 7.11 Å². The second-order valence-corrected chi connectivity index (χ2v) is 4.76. The number of esters is 2. The fourth-order valence-corrected chi connectivity index (χ4v) is 2.57. The Morgan fingerprint density at radius 2 is 1.65 bits per heavy atom. The molecule has 0 saturated carbocycles. The number of carbonyl (C=O) groups excluding carboxylic acids is 2. The molecule has 20 heavy (non-hydrogen) atoms. The molecule has 1 rings (SSSR count). The monoisotopic (exact) mass is 281 g/mol. The molecule has 0 aliphatic carbocycles. The Hall–Kier alpha value is -1.78. The number of allylic oxidation sites excluding steroid dienone is 2. The van der Waals surface area contributed by atoms with Crippen LogP contribution in [0.25, 0.3) is 0 Å². The van der Waals surface area contributed by atoms with E-state index >= 15 is 0 Å². The van der Waals surface area contributed by atoms with Crippen molar-refractivity contribution in [1.29, 1.82) is 0 Å². The van der Waals surface area contributed by atoms with Gasteiger partial charge in [0.25, 0.3) is 0 Å². The van der Waals surface area contributed by atoms with Crippen molar-refractivity contribution >= 4 is 11.9 Å². The summed E-state index contributed by atoms with van der Waals surface area (Å²) in [4.78, 5) is 24.2. The van der Waals surface area contributed by atoms with Crippen LogP contribution in [0, 0.1) is 5.92 Å². The van der Waals surface area contributed by atoms with Crippen LogP contribution in [0.15, 0.2) is 22.5 Å². The molecule has 0 bridgehead atoms. The van der Waals surface area contributed by atoms with E-state index in [0.29, 0.717) is 24.2 Å². The molecule has 1 atom stereocenters. The van der Waals surface area contributed by atoms with Gasteiger partial charge in [0.1, 0.15) is 0 Å². The van der Waals surface area contributed by atoms with Crippen LogP contribution < -0.4 is 5.32 Å². The maximum atomic E-state index is 12.2. The lowest BCUT2D eigenvalue weighted by molar-refractivity contribution is -0.139. The minimum atomic E-state index is -0.400. The number of dihydropyridines is 1. The SMILES string of the molecule is CCC[C@@H]1C(C(=O)OC)=C(C)NC(C)=C1C(=O)OCC. The Kier molecular flexibility index (Phi) is 5.80. The molecule has 0 radical (unpaired) electrons. The minimum Gasteiger partial charge on any atom is -0.466 e. The molecule has 1 N–H and O–H groups in total. The minimum absolute atomic E-state index is 0.271. The highest BCUT2D eigenvalue weighted by molar-refractivity contribution is 5.97. The predicted octanol–water partition coefficient (Wildman–Crippen LogP) is 2.29. The van der Waals surface area contributed by atoms with Crippen molar-refractivity contribution in [1.82, 2.24) is 5.32 Å². The molecular formula is C15H23NO4. The lowest BCUT2D eigenvalue weighted by Gasteiger charge is -2.29. The number of hydrogen-bond acceptors (Lipinski definition) is 5. The quantitative estimate of drug-likeness (QED) is 0.783. The highest BCUT2D eigenvalue weighted by Crippen LogP contribution is 2.34. The van der Waals surface area contributed by atoms with Gasteiger partial charge in [-0.15, -0.1) is 0 Å². The third kappa shape index (κ3) is 3.21. The molecule has 0 spiro atoms. The highest BCUT2D eigenvalue weighted by atomic mass is 16.5. The normalized spacial score (nSPS) is 18.8. The molecule has 5 nitrogen and oxygen atoms in total. The van der Waals surface area contributed by atoms with E-state index in [0.717, 1.165) is 17.8 Å². The van der Waals surface area contributed by atoms with E-state index in [4.69, 9.17) is 9.47 Å². The molecule has 0 amide bonds. The van der Waals surface area contributed by atoms with Crippen LogP contribution in [0.1, 0.15) is 40.5 Å². The van der Waals surface area contributed by atoms with Crippen molar-refractivity contribution in [2.24, 2.45) is 5.92 Å². The molecule has 1 aliphatic rings. The topological polar surface area (TPSA) is 64.6 Å². The van der Waals surface area contributed by atoms with Crippen molar-refractivity contribution < 1.29 is 19.1 Å². The third-order valence-corrected chi connectivity index (χ3v) is 3.36. The van der Waals surface area contributed by atoms with E-state index in [1.807, 2.05) is 20.8 Å². The van der Waals surface area contributed by atoms with Gasteiger partial charge in [-0.3, -0.25) is 0 Å². The van der Waals surface area contributed by atoms with Crippen LogP contribution in [-0.2, 0) is 19.1 Å². The van der Waals surface area contributed by atoms with Gasteiger partial charge in [0, 0.05) is 17.3 Å². The summed E-state index contributed by atoms with van der Waals surface area (Å²) in [5, 5.41) is 3.08. The first-order chi connectivity index (χ1) is 9.47. The number of methoxy groups -OCH3 is 1. The van der Waals surface area contributed by atoms with Gasteiger partial charge in [-0.2, -0.15) is 0 Å². The van der Waals surface area contributed by atoms with E-state index in [1.54, 1.807) is 6.92 Å². The Morgan fingerprint density at radius 1 is 1.10 bits per heavy atom. The first kappa shape index (κ1) is 16.3. The Balaban J connectivity index is 3.24. The fourth-order valence-electron chi connectivity index (χ4n) is 2.57. The molecule has 0 unspecified atom stereocenters. The molecule has 0 fully saturated rings. The van der Waals surface area contributed by atoms with Gasteiger partial charge in [-0.1, -0.05) is 13.3 Å². The van der Waals surface area contributed by atoms with Gasteiger partial charge in [-0.05, 0) is 27.2 Å². The zero-order valence-electron chi connectivity index (χ0n) is 12.8. The molecule has 0 saturated heterocycles. The van der Waals surface area contributed by atoms with Crippen molar-refractivity contribution in [3.05, 3.63) is 22.5 Å². The summed E-state index contributed by atoms with van der Waals surface area (Å²) < 4.78 is 9.96. The van der Waals surface area contributed by atoms with Crippen LogP contribution in [-0.4, -0.2) is 25.7 Å². The number of rotatable bonds is 5. The van der Waals surface area contributed by atoms with Crippen LogP contribution in [0.4, 0.5) is 0 Å². The van der Waals surface area contributed by atoms with Crippen LogP contribution in [0.2, 0.25) is 0 Å². The van der Waals surface area contributed by atoms with Crippen molar-refractivity contribution in [3.8, 4) is 0 Å². The zero-order chi connectivity index (χ0) is 15.3. The molecule has 1 aliphatic heterocycles. The molecule has 5 heteroatoms. The molecule has 1 heterocycles. The van der Waals surface area contributed by atoms with Crippen LogP contribution >= 0.6 is 0 Å². The van der Waals surface area contributed by atoms with Gasteiger partial charge in [0.2, 0.25) is 0 Å². The summed E-state index contributed by atoms with van der Waals surface area (Å²) >= 11 is 0. The number of nitrogens with one attached hydrogen (secondary N) is 1. The Labute approximate surface area is 120 Å². The lowest BCUT2D eigenvalue weighted by atomic mass is 9.82. The molecule has 0 aromatic carbocycles. The van der Waals surface area contributed by atoms with Gasteiger partial charge < -0.3 is 14.8 Å². The average Bonchev–Trinajstić information content (AvgIpc) is 2.38. The van der Waals surface area contributed by atoms with Crippen molar-refractivity contribution in [2.75, 3.05) is 13.7 Å². The predicted molar refractivity (Wildman–Crippen MR) is 75.6 cm³/mol. The molecular weight excluding hydrogens is 258 g/mol. The largest absolute Gasteiger partial charge is 0.466 e. The summed E-state index contributed by atoms with van der Waals surface area (Å²) in [7, 11) is 1.35. The number of carbonyl (C=O) groups is 2. The molecule has 0 aromatic heterocycles. The van der Waals surface area contributed by atoms with Crippen LogP contribution in [0.3, 0.4) is 0 Å². The van der Waals surface area contributed by atoms with Crippen molar-refractivity contribution in [2.45, 2.75) is 40.5 Å². The van der Waals surface area contributed by atoms with E-state index in [9.17, 15) is 9.59 Å². The first-order valence-electron chi connectivity index (χ1n) is 6.91. The number of hydrogen-bond donors (Lipinski definition) is 1. The first-order valence-corrected chi connectivity index (χ1v) is 6.91. The summed E-state index contributed by atoms with van der Waals surface area (Å²) in [6.45, 7) is 7.74. The summed E-state index contributed by atoms with van der Waals surface area (Å²) in [5.41, 5.74) is 2.52. The molecule has 112 valence electrons. The van der Waals surface area contributed by atoms with Gasteiger partial charge in [0.05, 0.1) is 24.9 Å². The number of ether oxygens (including phenoxy) is 2. The summed E-state index contributed by atoms with van der Waals surface area (Å²) in [5.74, 6) is -1.04. The van der Waals surface area contributed by atoms with Gasteiger partial charge in [-0.25, -0.2) is 9.59 Å². The Bertz CT molecular complexity index is 462. The van der Waals surface area contributed by atoms with Gasteiger partial charge in [0.15, 0.2) is 0 Å².